The molecule has 4 nitrogen and oxygen atoms in total. The Morgan fingerprint density at radius 2 is 2.31 bits per heavy atom. The highest BCUT2D eigenvalue weighted by molar-refractivity contribution is 5.81. The summed E-state index contributed by atoms with van der Waals surface area (Å²) < 4.78 is 0. The van der Waals surface area contributed by atoms with Crippen LogP contribution in [0.5, 0.6) is 0 Å². The molecular weight excluding hydrogens is 202 g/mol. The summed E-state index contributed by atoms with van der Waals surface area (Å²) in [5.74, 6) is -0.0208. The van der Waals surface area contributed by atoms with Gasteiger partial charge in [0.25, 0.3) is 0 Å². The molecule has 88 valence electrons. The topological polar surface area (TPSA) is 59.2 Å². The highest BCUT2D eigenvalue weighted by atomic mass is 16.2. The van der Waals surface area contributed by atoms with Gasteiger partial charge in [-0.3, -0.25) is 9.78 Å². The number of aromatic nitrogens is 1. The molecule has 0 unspecified atom stereocenters. The predicted octanol–water partition coefficient (Wildman–Crippen LogP) is 1.17. The van der Waals surface area contributed by atoms with Crippen LogP contribution >= 0.6 is 0 Å². The third-order valence-corrected chi connectivity index (χ3v) is 2.42. The van der Waals surface area contributed by atoms with Crippen molar-refractivity contribution in [3.63, 3.8) is 0 Å². The number of rotatable bonds is 5. The summed E-state index contributed by atoms with van der Waals surface area (Å²) >= 11 is 0. The van der Waals surface area contributed by atoms with Gasteiger partial charge in [0.05, 0.1) is 18.3 Å². The van der Waals surface area contributed by atoms with Crippen molar-refractivity contribution in [1.29, 1.82) is 0 Å². The Kier molecular flexibility index (Phi) is 4.92. The standard InChI is InChI=1S/C12H19N3O/c1-3-6-11(13)12(16)15(2)9-10-7-4-5-8-14-10/h4-5,7-8,11H,3,6,9,13H2,1-2H3/t11-/m1/s1. The first-order valence-corrected chi connectivity index (χ1v) is 5.55. The number of hydrogen-bond acceptors (Lipinski definition) is 3. The van der Waals surface area contributed by atoms with Crippen molar-refractivity contribution < 1.29 is 4.79 Å². The lowest BCUT2D eigenvalue weighted by molar-refractivity contribution is -0.132. The second kappa shape index (κ2) is 6.23. The van der Waals surface area contributed by atoms with E-state index in [-0.39, 0.29) is 5.91 Å². The molecule has 0 aromatic carbocycles. The molecule has 16 heavy (non-hydrogen) atoms. The molecule has 0 bridgehead atoms. The smallest absolute Gasteiger partial charge is 0.239 e. The Bertz CT molecular complexity index is 326. The number of amides is 1. The first-order valence-electron chi connectivity index (χ1n) is 5.55. The van der Waals surface area contributed by atoms with Crippen LogP contribution in [-0.4, -0.2) is 28.9 Å². The van der Waals surface area contributed by atoms with Crippen LogP contribution in [-0.2, 0) is 11.3 Å². The Balaban J connectivity index is 2.52. The van der Waals surface area contributed by atoms with E-state index in [9.17, 15) is 4.79 Å². The maximum absolute atomic E-state index is 11.8. The monoisotopic (exact) mass is 221 g/mol. The molecule has 4 heteroatoms. The van der Waals surface area contributed by atoms with E-state index in [1.54, 1.807) is 18.1 Å². The van der Waals surface area contributed by atoms with Crippen LogP contribution in [0.3, 0.4) is 0 Å². The maximum atomic E-state index is 11.8. The predicted molar refractivity (Wildman–Crippen MR) is 63.6 cm³/mol. The van der Waals surface area contributed by atoms with E-state index in [1.165, 1.54) is 0 Å². The summed E-state index contributed by atoms with van der Waals surface area (Å²) in [6.07, 6.45) is 3.37. The second-order valence-corrected chi connectivity index (χ2v) is 3.91. The number of pyridine rings is 1. The van der Waals surface area contributed by atoms with Crippen molar-refractivity contribution in [2.75, 3.05) is 7.05 Å². The lowest BCUT2D eigenvalue weighted by Gasteiger charge is -2.20. The Labute approximate surface area is 96.5 Å². The lowest BCUT2D eigenvalue weighted by Crippen LogP contribution is -2.41. The van der Waals surface area contributed by atoms with Crippen molar-refractivity contribution >= 4 is 5.91 Å². The van der Waals surface area contributed by atoms with Gasteiger partial charge in [0, 0.05) is 13.2 Å². The van der Waals surface area contributed by atoms with E-state index in [2.05, 4.69) is 4.98 Å². The van der Waals surface area contributed by atoms with E-state index in [1.807, 2.05) is 25.1 Å². The van der Waals surface area contributed by atoms with E-state index in [0.717, 1.165) is 18.5 Å². The molecule has 0 spiro atoms. The van der Waals surface area contributed by atoms with Crippen LogP contribution in [0.4, 0.5) is 0 Å². The molecule has 0 aliphatic rings. The number of nitrogens with two attached hydrogens (primary N) is 1. The third-order valence-electron chi connectivity index (χ3n) is 2.42. The van der Waals surface area contributed by atoms with Crippen molar-refractivity contribution in [3.8, 4) is 0 Å². The van der Waals surface area contributed by atoms with Crippen LogP contribution in [0.15, 0.2) is 24.4 Å². The number of likely N-dealkylation sites (N-methyl/N-ethyl adjacent to an activating group) is 1. The van der Waals surface area contributed by atoms with Crippen LogP contribution < -0.4 is 5.73 Å². The summed E-state index contributed by atoms with van der Waals surface area (Å²) in [6, 6.07) is 5.27. The highest BCUT2D eigenvalue weighted by Gasteiger charge is 2.17. The SMILES string of the molecule is CCC[C@@H](N)C(=O)N(C)Cc1ccccn1. The fourth-order valence-corrected chi connectivity index (χ4v) is 1.53. The molecule has 1 atom stereocenters. The van der Waals surface area contributed by atoms with Crippen molar-refractivity contribution in [2.24, 2.45) is 5.73 Å². The minimum absolute atomic E-state index is 0.0208. The zero-order chi connectivity index (χ0) is 12.0. The average Bonchev–Trinajstić information content (AvgIpc) is 2.29. The van der Waals surface area contributed by atoms with Gasteiger partial charge in [0.1, 0.15) is 0 Å². The van der Waals surface area contributed by atoms with E-state index in [4.69, 9.17) is 5.73 Å². The van der Waals surface area contributed by atoms with Crippen LogP contribution in [0.1, 0.15) is 25.5 Å². The summed E-state index contributed by atoms with van der Waals surface area (Å²) in [6.45, 7) is 2.53. The number of nitrogens with zero attached hydrogens (tertiary/aromatic N) is 2. The zero-order valence-electron chi connectivity index (χ0n) is 9.89. The van der Waals surface area contributed by atoms with Crippen LogP contribution in [0.25, 0.3) is 0 Å². The molecule has 2 N–H and O–H groups in total. The average molecular weight is 221 g/mol. The molecule has 1 aromatic heterocycles. The highest BCUT2D eigenvalue weighted by Crippen LogP contribution is 2.03. The van der Waals surface area contributed by atoms with Gasteiger partial charge in [-0.1, -0.05) is 19.4 Å². The number of carbonyl (C=O) groups is 1. The zero-order valence-corrected chi connectivity index (χ0v) is 9.89. The number of carbonyl (C=O) groups excluding carboxylic acids is 1. The molecule has 0 aliphatic heterocycles. The first kappa shape index (κ1) is 12.6. The summed E-state index contributed by atoms with van der Waals surface area (Å²) in [5, 5.41) is 0. The fourth-order valence-electron chi connectivity index (χ4n) is 1.53. The minimum atomic E-state index is -0.390. The molecule has 1 rings (SSSR count). The Hall–Kier alpha value is -1.42. The third kappa shape index (κ3) is 3.62. The van der Waals surface area contributed by atoms with Crippen LogP contribution in [0, 0.1) is 0 Å². The summed E-state index contributed by atoms with van der Waals surface area (Å²) in [5.41, 5.74) is 6.65. The van der Waals surface area contributed by atoms with E-state index < -0.39 is 6.04 Å². The Morgan fingerprint density at radius 3 is 2.88 bits per heavy atom. The van der Waals surface area contributed by atoms with Gasteiger partial charge in [-0.05, 0) is 18.6 Å². The molecular formula is C12H19N3O. The minimum Gasteiger partial charge on any atom is -0.339 e. The number of hydrogen-bond donors (Lipinski definition) is 1. The van der Waals surface area contributed by atoms with Gasteiger partial charge >= 0.3 is 0 Å². The Morgan fingerprint density at radius 1 is 1.56 bits per heavy atom. The van der Waals surface area contributed by atoms with Gasteiger partial charge in [0.15, 0.2) is 0 Å². The quantitative estimate of drug-likeness (QED) is 0.812. The first-order chi connectivity index (χ1) is 7.65. The van der Waals surface area contributed by atoms with Crippen molar-refractivity contribution in [2.45, 2.75) is 32.4 Å². The van der Waals surface area contributed by atoms with E-state index in [0.29, 0.717) is 6.54 Å². The molecule has 1 amide bonds. The molecule has 0 saturated carbocycles. The molecule has 0 fully saturated rings. The van der Waals surface area contributed by atoms with Gasteiger partial charge in [0.2, 0.25) is 5.91 Å². The van der Waals surface area contributed by atoms with E-state index >= 15 is 0 Å². The maximum Gasteiger partial charge on any atom is 0.239 e. The normalized spacial score (nSPS) is 12.2. The second-order valence-electron chi connectivity index (χ2n) is 3.91. The molecule has 1 aromatic rings. The van der Waals surface area contributed by atoms with Crippen molar-refractivity contribution in [1.82, 2.24) is 9.88 Å². The fraction of sp³-hybridized carbons (Fsp3) is 0.500. The molecule has 0 saturated heterocycles. The lowest BCUT2D eigenvalue weighted by atomic mass is 10.1. The van der Waals surface area contributed by atoms with Gasteiger partial charge < -0.3 is 10.6 Å². The molecule has 0 radical (unpaired) electrons. The summed E-state index contributed by atoms with van der Waals surface area (Å²) in [7, 11) is 1.76. The molecule has 1 heterocycles. The summed E-state index contributed by atoms with van der Waals surface area (Å²) in [4.78, 5) is 17.6. The molecule has 0 aliphatic carbocycles. The largest absolute Gasteiger partial charge is 0.339 e. The van der Waals surface area contributed by atoms with Crippen molar-refractivity contribution in [3.05, 3.63) is 30.1 Å². The van der Waals surface area contributed by atoms with Gasteiger partial charge in [-0.2, -0.15) is 0 Å². The van der Waals surface area contributed by atoms with Crippen LogP contribution in [0.2, 0.25) is 0 Å². The van der Waals surface area contributed by atoms with Gasteiger partial charge in [-0.15, -0.1) is 0 Å². The van der Waals surface area contributed by atoms with Gasteiger partial charge in [-0.25, -0.2) is 0 Å².